The van der Waals surface area contributed by atoms with Crippen LogP contribution in [0.15, 0.2) is 71.8 Å². The van der Waals surface area contributed by atoms with E-state index in [2.05, 4.69) is 15.8 Å². The summed E-state index contributed by atoms with van der Waals surface area (Å²) in [6, 6.07) is 14.7. The van der Waals surface area contributed by atoms with Crippen molar-refractivity contribution in [3.05, 3.63) is 109 Å². The molecule has 0 spiro atoms. The highest BCUT2D eigenvalue weighted by atomic mass is 16.6. The first-order valence-electron chi connectivity index (χ1n) is 11.0. The number of benzene rings is 3. The number of hydrogen-bond donors (Lipinski definition) is 3. The number of hydrogen-bond acceptors (Lipinski definition) is 8. The van der Waals surface area contributed by atoms with E-state index in [4.69, 9.17) is 0 Å². The van der Waals surface area contributed by atoms with Gasteiger partial charge in [0.1, 0.15) is 11.8 Å². The van der Waals surface area contributed by atoms with Gasteiger partial charge in [0.15, 0.2) is 0 Å². The predicted molar refractivity (Wildman–Crippen MR) is 134 cm³/mol. The van der Waals surface area contributed by atoms with Gasteiger partial charge in [-0.25, -0.2) is 5.43 Å². The fraction of sp³-hybridized carbons (Fsp3) is 0.160. The minimum absolute atomic E-state index is 0.0102. The molecular weight excluding hydrogens is 482 g/mol. The molecule has 0 heterocycles. The molecule has 0 unspecified atom stereocenters. The minimum Gasteiger partial charge on any atom is -0.508 e. The molecular formula is C25H23N5O7. The maximum Gasteiger partial charge on any atom is 0.277 e. The first-order valence-corrected chi connectivity index (χ1v) is 11.0. The number of aromatic hydroxyl groups is 1. The lowest BCUT2D eigenvalue weighted by atomic mass is 10.0. The number of rotatable bonds is 9. The van der Waals surface area contributed by atoms with Gasteiger partial charge in [0.25, 0.3) is 23.2 Å². The smallest absolute Gasteiger partial charge is 0.277 e. The van der Waals surface area contributed by atoms with Gasteiger partial charge in [-0.05, 0) is 37.1 Å². The number of nitrogens with one attached hydrogen (secondary N) is 2. The lowest BCUT2D eigenvalue weighted by Crippen LogP contribution is -2.47. The van der Waals surface area contributed by atoms with Crippen molar-refractivity contribution in [2.24, 2.45) is 5.10 Å². The number of nitrogens with zero attached hydrogens (tertiary/aromatic N) is 3. The van der Waals surface area contributed by atoms with Crippen LogP contribution in [0.5, 0.6) is 5.75 Å². The quantitative estimate of drug-likeness (QED) is 0.227. The highest BCUT2D eigenvalue weighted by Crippen LogP contribution is 2.23. The summed E-state index contributed by atoms with van der Waals surface area (Å²) in [5, 5.41) is 38.5. The monoisotopic (exact) mass is 505 g/mol. The number of nitro benzene ring substituents is 2. The van der Waals surface area contributed by atoms with Gasteiger partial charge in [-0.15, -0.1) is 0 Å². The molecule has 0 aliphatic heterocycles. The molecule has 0 aliphatic carbocycles. The summed E-state index contributed by atoms with van der Waals surface area (Å²) in [5.74, 6) is -1.60. The van der Waals surface area contributed by atoms with E-state index >= 15 is 0 Å². The second kappa shape index (κ2) is 11.5. The van der Waals surface area contributed by atoms with E-state index in [-0.39, 0.29) is 17.7 Å². The lowest BCUT2D eigenvalue weighted by molar-refractivity contribution is -0.394. The van der Waals surface area contributed by atoms with Gasteiger partial charge < -0.3 is 10.4 Å². The molecule has 12 heteroatoms. The molecule has 0 fully saturated rings. The zero-order valence-corrected chi connectivity index (χ0v) is 19.9. The van der Waals surface area contributed by atoms with Gasteiger partial charge in [0, 0.05) is 18.6 Å². The number of aryl methyl sites for hydroxylation is 1. The molecule has 3 aromatic carbocycles. The number of non-ortho nitro benzene ring substituents is 2. The van der Waals surface area contributed by atoms with Crippen molar-refractivity contribution in [2.75, 3.05) is 0 Å². The molecule has 0 bridgehead atoms. The summed E-state index contributed by atoms with van der Waals surface area (Å²) in [6.07, 6.45) is -0.0199. The Bertz CT molecular complexity index is 1340. The molecule has 12 nitrogen and oxygen atoms in total. The van der Waals surface area contributed by atoms with Crippen molar-refractivity contribution in [1.29, 1.82) is 0 Å². The number of phenols is 1. The average Bonchev–Trinajstić information content (AvgIpc) is 2.87. The fourth-order valence-corrected chi connectivity index (χ4v) is 3.33. The Morgan fingerprint density at radius 1 is 0.919 bits per heavy atom. The number of hydrazone groups is 1. The number of amides is 2. The molecule has 2 amide bonds. The molecule has 190 valence electrons. The SMILES string of the molecule is C/C(=N/NC(=O)[C@@H](Cc1ccc(O)cc1)NC(=O)c1cc([N+](=O)[O-])cc([N+](=O)[O-])c1)c1ccc(C)cc1. The van der Waals surface area contributed by atoms with Gasteiger partial charge in [0.05, 0.1) is 27.2 Å². The van der Waals surface area contributed by atoms with Crippen molar-refractivity contribution in [1.82, 2.24) is 10.7 Å². The number of carbonyl (C=O) groups is 2. The maximum absolute atomic E-state index is 13.0. The summed E-state index contributed by atoms with van der Waals surface area (Å²) in [6.45, 7) is 3.63. The van der Waals surface area contributed by atoms with Crippen molar-refractivity contribution in [3.63, 3.8) is 0 Å². The van der Waals surface area contributed by atoms with Crippen LogP contribution in [-0.4, -0.2) is 38.5 Å². The lowest BCUT2D eigenvalue weighted by Gasteiger charge is -2.18. The van der Waals surface area contributed by atoms with Crippen LogP contribution in [-0.2, 0) is 11.2 Å². The Morgan fingerprint density at radius 3 is 2.03 bits per heavy atom. The molecule has 0 aromatic heterocycles. The number of nitro groups is 2. The molecule has 0 saturated heterocycles. The summed E-state index contributed by atoms with van der Waals surface area (Å²) >= 11 is 0. The third-order valence-electron chi connectivity index (χ3n) is 5.39. The van der Waals surface area contributed by atoms with Crippen LogP contribution in [0.1, 0.15) is 34.0 Å². The standard InChI is InChI=1S/C25H23N5O7/c1-15-3-7-18(8-4-15)16(2)27-28-25(33)23(11-17-5-9-22(31)10-6-17)26-24(32)19-12-20(29(34)35)14-21(13-19)30(36)37/h3-10,12-14,23,31H,11H2,1-2H3,(H,26,32)(H,28,33)/b27-16-/t23-/m1/s1. The van der Waals surface area contributed by atoms with Crippen LogP contribution in [0.4, 0.5) is 11.4 Å². The highest BCUT2D eigenvalue weighted by Gasteiger charge is 2.25. The number of carbonyl (C=O) groups excluding carboxylic acids is 2. The molecule has 1 atom stereocenters. The van der Waals surface area contributed by atoms with E-state index in [0.717, 1.165) is 29.3 Å². The Labute approximate surface area is 210 Å². The molecule has 3 rings (SSSR count). The zero-order valence-electron chi connectivity index (χ0n) is 19.9. The predicted octanol–water partition coefficient (Wildman–Crippen LogP) is 3.40. The third-order valence-corrected chi connectivity index (χ3v) is 5.39. The van der Waals surface area contributed by atoms with Crippen LogP contribution in [0.3, 0.4) is 0 Å². The van der Waals surface area contributed by atoms with E-state index in [9.17, 15) is 34.9 Å². The normalized spacial score (nSPS) is 11.9. The van der Waals surface area contributed by atoms with E-state index in [1.165, 1.54) is 12.1 Å². The first kappa shape index (κ1) is 26.5. The van der Waals surface area contributed by atoms with Crippen LogP contribution < -0.4 is 10.7 Å². The van der Waals surface area contributed by atoms with Crippen molar-refractivity contribution in [2.45, 2.75) is 26.3 Å². The van der Waals surface area contributed by atoms with E-state index < -0.39 is 39.1 Å². The highest BCUT2D eigenvalue weighted by molar-refractivity contribution is 6.01. The molecule has 3 N–H and O–H groups in total. The Hall–Kier alpha value is -5.13. The van der Waals surface area contributed by atoms with Gasteiger partial charge in [-0.3, -0.25) is 29.8 Å². The van der Waals surface area contributed by atoms with Crippen molar-refractivity contribution < 1.29 is 24.5 Å². The maximum atomic E-state index is 13.0. The molecule has 3 aromatic rings. The second-order valence-electron chi connectivity index (χ2n) is 8.19. The largest absolute Gasteiger partial charge is 0.508 e. The fourth-order valence-electron chi connectivity index (χ4n) is 3.33. The van der Waals surface area contributed by atoms with Crippen LogP contribution in [0.25, 0.3) is 0 Å². The summed E-state index contributed by atoms with van der Waals surface area (Å²) in [5.41, 5.74) is 3.69. The van der Waals surface area contributed by atoms with E-state index in [1.807, 2.05) is 31.2 Å². The first-order chi connectivity index (χ1) is 17.5. The average molecular weight is 505 g/mol. The van der Waals surface area contributed by atoms with Gasteiger partial charge in [-0.1, -0.05) is 42.0 Å². The van der Waals surface area contributed by atoms with E-state index in [0.29, 0.717) is 11.3 Å². The van der Waals surface area contributed by atoms with Gasteiger partial charge >= 0.3 is 0 Å². The third kappa shape index (κ3) is 7.18. The number of phenolic OH excluding ortho intramolecular Hbond substituents is 1. The Kier molecular flexibility index (Phi) is 8.25. The van der Waals surface area contributed by atoms with Crippen molar-refractivity contribution in [3.8, 4) is 5.75 Å². The molecule has 0 radical (unpaired) electrons. The second-order valence-corrected chi connectivity index (χ2v) is 8.19. The van der Waals surface area contributed by atoms with Crippen LogP contribution >= 0.6 is 0 Å². The van der Waals surface area contributed by atoms with Crippen LogP contribution in [0, 0.1) is 27.2 Å². The topological polar surface area (TPSA) is 177 Å². The summed E-state index contributed by atoms with van der Waals surface area (Å²) in [7, 11) is 0. The Morgan fingerprint density at radius 2 is 1.49 bits per heavy atom. The molecule has 0 aliphatic rings. The summed E-state index contributed by atoms with van der Waals surface area (Å²) in [4.78, 5) is 46.6. The summed E-state index contributed by atoms with van der Waals surface area (Å²) < 4.78 is 0. The van der Waals surface area contributed by atoms with Gasteiger partial charge in [-0.2, -0.15) is 5.10 Å². The van der Waals surface area contributed by atoms with E-state index in [1.54, 1.807) is 19.1 Å². The minimum atomic E-state index is -1.20. The van der Waals surface area contributed by atoms with Crippen LogP contribution in [0.2, 0.25) is 0 Å². The van der Waals surface area contributed by atoms with Crippen molar-refractivity contribution >= 4 is 28.9 Å². The molecule has 37 heavy (non-hydrogen) atoms. The Balaban J connectivity index is 1.87. The molecule has 0 saturated carbocycles. The zero-order chi connectivity index (χ0) is 27.1. The van der Waals surface area contributed by atoms with Gasteiger partial charge in [0.2, 0.25) is 0 Å².